The number of thiazole rings is 1. The Labute approximate surface area is 127 Å². The van der Waals surface area contributed by atoms with Crippen LogP contribution in [0.4, 0.5) is 5.82 Å². The van der Waals surface area contributed by atoms with Gasteiger partial charge in [0.1, 0.15) is 5.01 Å². The molecule has 21 heavy (non-hydrogen) atoms. The van der Waals surface area contributed by atoms with Crippen LogP contribution in [-0.2, 0) is 11.8 Å². The van der Waals surface area contributed by atoms with E-state index < -0.39 is 0 Å². The molecule has 1 amide bonds. The predicted molar refractivity (Wildman–Crippen MR) is 82.1 cm³/mol. The minimum absolute atomic E-state index is 0.0165. The summed E-state index contributed by atoms with van der Waals surface area (Å²) in [6, 6.07) is 2.07. The number of carbonyl (C=O) groups is 1. The van der Waals surface area contributed by atoms with Gasteiger partial charge in [-0.1, -0.05) is 6.42 Å². The van der Waals surface area contributed by atoms with E-state index in [1.807, 2.05) is 24.8 Å². The fraction of sp³-hybridized carbons (Fsp3) is 0.500. The van der Waals surface area contributed by atoms with Crippen molar-refractivity contribution in [2.75, 3.05) is 18.4 Å². The monoisotopic (exact) mass is 305 g/mol. The zero-order chi connectivity index (χ0) is 14.7. The molecule has 1 unspecified atom stereocenters. The molecule has 6 nitrogen and oxygen atoms in total. The summed E-state index contributed by atoms with van der Waals surface area (Å²) in [6.45, 7) is 1.33. The van der Waals surface area contributed by atoms with Crippen LogP contribution in [0.15, 0.2) is 23.8 Å². The average Bonchev–Trinajstić information content (AvgIpc) is 3.11. The third-order valence-corrected chi connectivity index (χ3v) is 4.55. The zero-order valence-corrected chi connectivity index (χ0v) is 12.8. The number of aryl methyl sites for hydroxylation is 1. The van der Waals surface area contributed by atoms with Gasteiger partial charge in [0.15, 0.2) is 5.82 Å². The van der Waals surface area contributed by atoms with Gasteiger partial charge in [-0.2, -0.15) is 5.10 Å². The first kappa shape index (κ1) is 14.2. The maximum Gasteiger partial charge on any atom is 0.239 e. The number of carbonyl (C=O) groups excluding carboxylic acids is 1. The van der Waals surface area contributed by atoms with Gasteiger partial charge in [-0.25, -0.2) is 4.98 Å². The molecule has 0 bridgehead atoms. The van der Waals surface area contributed by atoms with Gasteiger partial charge in [-0.3, -0.25) is 14.4 Å². The van der Waals surface area contributed by atoms with Crippen LogP contribution in [0, 0.1) is 0 Å². The van der Waals surface area contributed by atoms with Gasteiger partial charge in [0.2, 0.25) is 5.91 Å². The topological polar surface area (TPSA) is 63.1 Å². The van der Waals surface area contributed by atoms with E-state index in [0.29, 0.717) is 12.4 Å². The lowest BCUT2D eigenvalue weighted by Crippen LogP contribution is -2.39. The number of anilines is 1. The molecule has 0 radical (unpaired) electrons. The molecule has 1 aliphatic heterocycles. The lowest BCUT2D eigenvalue weighted by Gasteiger charge is -2.33. The second-order valence-electron chi connectivity index (χ2n) is 5.28. The van der Waals surface area contributed by atoms with Gasteiger partial charge < -0.3 is 5.32 Å². The standard InChI is InChI=1S/C14H19N5OS/c1-18-8-5-12(17-18)16-13(20)10-19-7-3-2-4-11(19)14-15-6-9-21-14/h5-6,8-9,11H,2-4,7,10H2,1H3,(H,16,17,20). The van der Waals surface area contributed by atoms with Crippen LogP contribution >= 0.6 is 11.3 Å². The highest BCUT2D eigenvalue weighted by Crippen LogP contribution is 2.31. The van der Waals surface area contributed by atoms with Crippen molar-refractivity contribution < 1.29 is 4.79 Å². The number of piperidine rings is 1. The van der Waals surface area contributed by atoms with E-state index in [-0.39, 0.29) is 11.9 Å². The van der Waals surface area contributed by atoms with E-state index in [2.05, 4.69) is 20.3 Å². The Kier molecular flexibility index (Phi) is 4.31. The number of rotatable bonds is 4. The maximum absolute atomic E-state index is 12.2. The summed E-state index contributed by atoms with van der Waals surface area (Å²) in [5.74, 6) is 0.586. The number of likely N-dealkylation sites (tertiary alicyclic amines) is 1. The van der Waals surface area contributed by atoms with E-state index in [4.69, 9.17) is 0 Å². The summed E-state index contributed by atoms with van der Waals surface area (Å²) in [6.07, 6.45) is 7.06. The molecule has 1 atom stereocenters. The molecule has 2 aromatic heterocycles. The highest BCUT2D eigenvalue weighted by Gasteiger charge is 2.27. The van der Waals surface area contributed by atoms with Crippen molar-refractivity contribution in [3.05, 3.63) is 28.8 Å². The number of nitrogens with one attached hydrogen (secondary N) is 1. The third kappa shape index (κ3) is 3.48. The van der Waals surface area contributed by atoms with Crippen LogP contribution < -0.4 is 5.32 Å². The highest BCUT2D eigenvalue weighted by atomic mass is 32.1. The largest absolute Gasteiger partial charge is 0.308 e. The van der Waals surface area contributed by atoms with Crippen molar-refractivity contribution in [1.29, 1.82) is 0 Å². The number of aromatic nitrogens is 3. The van der Waals surface area contributed by atoms with Crippen molar-refractivity contribution >= 4 is 23.1 Å². The Hall–Kier alpha value is -1.73. The molecule has 3 rings (SSSR count). The maximum atomic E-state index is 12.2. The molecule has 112 valence electrons. The summed E-state index contributed by atoms with van der Waals surface area (Å²) >= 11 is 1.67. The molecule has 1 N–H and O–H groups in total. The van der Waals surface area contributed by atoms with Crippen molar-refractivity contribution in [1.82, 2.24) is 19.7 Å². The van der Waals surface area contributed by atoms with E-state index in [1.54, 1.807) is 22.1 Å². The molecule has 1 saturated heterocycles. The molecular formula is C14H19N5OS. The second kappa shape index (κ2) is 6.36. The molecule has 0 aromatic carbocycles. The molecule has 0 spiro atoms. The summed E-state index contributed by atoms with van der Waals surface area (Å²) in [5.41, 5.74) is 0. The molecule has 1 fully saturated rings. The van der Waals surface area contributed by atoms with Gasteiger partial charge in [-0.15, -0.1) is 11.3 Å². The molecular weight excluding hydrogens is 286 g/mol. The molecule has 0 saturated carbocycles. The van der Waals surface area contributed by atoms with Crippen molar-refractivity contribution in [2.24, 2.45) is 7.05 Å². The fourth-order valence-corrected chi connectivity index (χ4v) is 3.51. The highest BCUT2D eigenvalue weighted by molar-refractivity contribution is 7.09. The first-order chi connectivity index (χ1) is 10.2. The van der Waals surface area contributed by atoms with Crippen LogP contribution in [0.25, 0.3) is 0 Å². The quantitative estimate of drug-likeness (QED) is 0.939. The van der Waals surface area contributed by atoms with Crippen molar-refractivity contribution in [3.63, 3.8) is 0 Å². The number of nitrogens with zero attached hydrogens (tertiary/aromatic N) is 4. The van der Waals surface area contributed by atoms with Gasteiger partial charge in [0, 0.05) is 30.9 Å². The third-order valence-electron chi connectivity index (χ3n) is 3.68. The number of hydrogen-bond acceptors (Lipinski definition) is 5. The van der Waals surface area contributed by atoms with Crippen LogP contribution in [0.3, 0.4) is 0 Å². The van der Waals surface area contributed by atoms with Gasteiger partial charge in [-0.05, 0) is 19.4 Å². The normalized spacial score (nSPS) is 19.6. The van der Waals surface area contributed by atoms with E-state index in [0.717, 1.165) is 24.4 Å². The van der Waals surface area contributed by atoms with Crippen LogP contribution in [0.2, 0.25) is 0 Å². The number of amides is 1. The molecule has 1 aliphatic rings. The van der Waals surface area contributed by atoms with Crippen LogP contribution in [0.1, 0.15) is 30.3 Å². The first-order valence-corrected chi connectivity index (χ1v) is 8.03. The minimum atomic E-state index is -0.0165. The predicted octanol–water partition coefficient (Wildman–Crippen LogP) is 2.04. The Morgan fingerprint density at radius 1 is 1.52 bits per heavy atom. The molecule has 2 aromatic rings. The molecule has 7 heteroatoms. The summed E-state index contributed by atoms with van der Waals surface area (Å²) in [4.78, 5) is 18.8. The summed E-state index contributed by atoms with van der Waals surface area (Å²) in [7, 11) is 1.83. The Bertz CT molecular complexity index is 594. The van der Waals surface area contributed by atoms with Crippen molar-refractivity contribution in [2.45, 2.75) is 25.3 Å². The van der Waals surface area contributed by atoms with E-state index in [9.17, 15) is 4.79 Å². The minimum Gasteiger partial charge on any atom is -0.308 e. The van der Waals surface area contributed by atoms with Gasteiger partial charge in [0.05, 0.1) is 12.6 Å². The second-order valence-corrected chi connectivity index (χ2v) is 6.20. The van der Waals surface area contributed by atoms with E-state index in [1.165, 1.54) is 6.42 Å². The number of hydrogen-bond donors (Lipinski definition) is 1. The van der Waals surface area contributed by atoms with Gasteiger partial charge >= 0.3 is 0 Å². The van der Waals surface area contributed by atoms with Crippen LogP contribution in [-0.4, -0.2) is 38.7 Å². The Morgan fingerprint density at radius 2 is 2.43 bits per heavy atom. The average molecular weight is 305 g/mol. The Balaban J connectivity index is 1.63. The molecule has 0 aliphatic carbocycles. The lowest BCUT2D eigenvalue weighted by molar-refractivity contribution is -0.118. The van der Waals surface area contributed by atoms with E-state index >= 15 is 0 Å². The van der Waals surface area contributed by atoms with Crippen molar-refractivity contribution in [3.8, 4) is 0 Å². The molecule has 3 heterocycles. The fourth-order valence-electron chi connectivity index (χ4n) is 2.71. The van der Waals surface area contributed by atoms with Crippen LogP contribution in [0.5, 0.6) is 0 Å². The first-order valence-electron chi connectivity index (χ1n) is 7.15. The smallest absolute Gasteiger partial charge is 0.239 e. The lowest BCUT2D eigenvalue weighted by atomic mass is 10.0. The Morgan fingerprint density at radius 3 is 3.14 bits per heavy atom. The SMILES string of the molecule is Cn1ccc(NC(=O)CN2CCCCC2c2nccs2)n1. The summed E-state index contributed by atoms with van der Waals surface area (Å²) < 4.78 is 1.68. The summed E-state index contributed by atoms with van der Waals surface area (Å²) in [5, 5.41) is 10.1. The zero-order valence-electron chi connectivity index (χ0n) is 12.0. The van der Waals surface area contributed by atoms with Gasteiger partial charge in [0.25, 0.3) is 0 Å².